The Labute approximate surface area is 156 Å². The number of rotatable bonds is 5. The molecule has 0 aliphatic carbocycles. The second-order valence-corrected chi connectivity index (χ2v) is 6.27. The van der Waals surface area contributed by atoms with Gasteiger partial charge in [0.2, 0.25) is 0 Å². The molecule has 2 N–H and O–H groups in total. The van der Waals surface area contributed by atoms with E-state index in [2.05, 4.69) is 10.5 Å². The Bertz CT molecular complexity index is 999. The average Bonchev–Trinajstić information content (AvgIpc) is 3.01. The Morgan fingerprint density at radius 2 is 1.67 bits per heavy atom. The fourth-order valence-electron chi connectivity index (χ4n) is 3.13. The fourth-order valence-corrected chi connectivity index (χ4v) is 3.13. The first-order valence-corrected chi connectivity index (χ1v) is 8.69. The molecule has 0 saturated carbocycles. The van der Waals surface area contributed by atoms with Gasteiger partial charge in [0, 0.05) is 17.5 Å². The lowest BCUT2D eigenvalue weighted by atomic mass is 9.92. The maximum Gasteiger partial charge on any atom is 0.319 e. The summed E-state index contributed by atoms with van der Waals surface area (Å²) >= 11 is 0. The Morgan fingerprint density at radius 3 is 2.48 bits per heavy atom. The van der Waals surface area contributed by atoms with E-state index in [1.54, 1.807) is 24.3 Å². The van der Waals surface area contributed by atoms with Crippen LogP contribution in [-0.4, -0.2) is 16.8 Å². The SMILES string of the molecule is O=C1Oc2ccccc2[C@@H]1CC(=NNc1ccccc1)c1ccccc1O. The number of hydrogen-bond donors (Lipinski definition) is 2. The van der Waals surface area contributed by atoms with E-state index >= 15 is 0 Å². The monoisotopic (exact) mass is 358 g/mol. The number of ether oxygens (including phenoxy) is 1. The predicted octanol–water partition coefficient (Wildman–Crippen LogP) is 4.30. The van der Waals surface area contributed by atoms with Crippen LogP contribution in [0.5, 0.6) is 11.5 Å². The first-order chi connectivity index (χ1) is 13.2. The maximum atomic E-state index is 12.4. The number of benzene rings is 3. The van der Waals surface area contributed by atoms with Crippen LogP contribution in [0.3, 0.4) is 0 Å². The quantitative estimate of drug-likeness (QED) is 0.309. The Balaban J connectivity index is 1.68. The Hall–Kier alpha value is -3.60. The van der Waals surface area contributed by atoms with Crippen LogP contribution in [0.25, 0.3) is 0 Å². The number of phenols is 1. The van der Waals surface area contributed by atoms with Crippen molar-refractivity contribution in [1.29, 1.82) is 0 Å². The highest BCUT2D eigenvalue weighted by Gasteiger charge is 2.34. The van der Waals surface area contributed by atoms with Crippen LogP contribution in [0.2, 0.25) is 0 Å². The van der Waals surface area contributed by atoms with Crippen molar-refractivity contribution in [2.24, 2.45) is 5.10 Å². The molecule has 0 amide bonds. The van der Waals surface area contributed by atoms with Crippen molar-refractivity contribution >= 4 is 17.4 Å². The number of nitrogens with one attached hydrogen (secondary N) is 1. The van der Waals surface area contributed by atoms with E-state index in [1.165, 1.54) is 0 Å². The summed E-state index contributed by atoms with van der Waals surface area (Å²) in [6.45, 7) is 0. The molecule has 3 aromatic carbocycles. The molecule has 5 nitrogen and oxygen atoms in total. The Kier molecular flexibility index (Phi) is 4.58. The van der Waals surface area contributed by atoms with Crippen molar-refractivity contribution in [2.75, 3.05) is 5.43 Å². The number of esters is 1. The van der Waals surface area contributed by atoms with Gasteiger partial charge in [-0.2, -0.15) is 5.10 Å². The smallest absolute Gasteiger partial charge is 0.319 e. The molecule has 1 aliphatic rings. The van der Waals surface area contributed by atoms with Crippen molar-refractivity contribution in [2.45, 2.75) is 12.3 Å². The molecule has 0 bridgehead atoms. The molecule has 0 spiro atoms. The van der Waals surface area contributed by atoms with E-state index in [1.807, 2.05) is 54.6 Å². The van der Waals surface area contributed by atoms with Gasteiger partial charge in [0.05, 0.1) is 17.3 Å². The van der Waals surface area contributed by atoms with Crippen molar-refractivity contribution in [3.63, 3.8) is 0 Å². The molecule has 1 heterocycles. The molecule has 134 valence electrons. The molecule has 0 saturated heterocycles. The van der Waals surface area contributed by atoms with Gasteiger partial charge in [0.15, 0.2) is 0 Å². The minimum Gasteiger partial charge on any atom is -0.507 e. The summed E-state index contributed by atoms with van der Waals surface area (Å²) < 4.78 is 5.37. The summed E-state index contributed by atoms with van der Waals surface area (Å²) in [5, 5.41) is 14.8. The molecule has 0 unspecified atom stereocenters. The zero-order chi connectivity index (χ0) is 18.6. The second-order valence-electron chi connectivity index (χ2n) is 6.27. The van der Waals surface area contributed by atoms with Crippen LogP contribution in [0, 0.1) is 0 Å². The number of anilines is 1. The van der Waals surface area contributed by atoms with E-state index in [4.69, 9.17) is 4.74 Å². The van der Waals surface area contributed by atoms with E-state index < -0.39 is 5.92 Å². The number of carbonyl (C=O) groups excluding carboxylic acids is 1. The minimum atomic E-state index is -0.461. The molecule has 3 aromatic rings. The minimum absolute atomic E-state index is 0.116. The van der Waals surface area contributed by atoms with E-state index in [9.17, 15) is 9.90 Å². The third kappa shape index (κ3) is 3.53. The molecule has 5 heteroatoms. The third-order valence-corrected chi connectivity index (χ3v) is 4.50. The number of nitrogens with zero attached hydrogens (tertiary/aromatic N) is 1. The zero-order valence-electron chi connectivity index (χ0n) is 14.5. The summed E-state index contributed by atoms with van der Waals surface area (Å²) in [5.41, 5.74) is 5.83. The van der Waals surface area contributed by atoms with Gasteiger partial charge in [0.25, 0.3) is 0 Å². The first-order valence-electron chi connectivity index (χ1n) is 8.69. The van der Waals surface area contributed by atoms with E-state index in [0.29, 0.717) is 23.4 Å². The van der Waals surface area contributed by atoms with Gasteiger partial charge in [-0.05, 0) is 30.3 Å². The van der Waals surface area contributed by atoms with Crippen molar-refractivity contribution in [3.05, 3.63) is 90.0 Å². The van der Waals surface area contributed by atoms with Crippen LogP contribution in [0.4, 0.5) is 5.69 Å². The van der Waals surface area contributed by atoms with Crippen LogP contribution >= 0.6 is 0 Å². The molecule has 0 fully saturated rings. The lowest BCUT2D eigenvalue weighted by Gasteiger charge is -2.13. The van der Waals surface area contributed by atoms with Gasteiger partial charge in [-0.1, -0.05) is 48.5 Å². The topological polar surface area (TPSA) is 70.9 Å². The fraction of sp³-hybridized carbons (Fsp3) is 0.0909. The standard InChI is InChI=1S/C22H18N2O3/c25-20-12-6-4-11-17(20)19(24-23-15-8-2-1-3-9-15)14-18-16-10-5-7-13-21(16)27-22(18)26/h1-13,18,23,25H,14H2/t18-/m0/s1. The second kappa shape index (κ2) is 7.33. The van der Waals surface area contributed by atoms with Crippen molar-refractivity contribution < 1.29 is 14.6 Å². The van der Waals surface area contributed by atoms with E-state index in [0.717, 1.165) is 11.3 Å². The molecule has 4 rings (SSSR count). The van der Waals surface area contributed by atoms with Crippen molar-refractivity contribution in [3.8, 4) is 11.5 Å². The summed E-state index contributed by atoms with van der Waals surface area (Å²) in [6, 6.07) is 23.9. The summed E-state index contributed by atoms with van der Waals surface area (Å²) in [6.07, 6.45) is 0.313. The largest absolute Gasteiger partial charge is 0.507 e. The normalized spacial score (nSPS) is 15.9. The molecule has 0 aromatic heterocycles. The highest BCUT2D eigenvalue weighted by molar-refractivity contribution is 6.06. The number of para-hydroxylation sites is 3. The van der Waals surface area contributed by atoms with Gasteiger partial charge < -0.3 is 9.84 Å². The zero-order valence-corrected chi connectivity index (χ0v) is 14.5. The number of carbonyl (C=O) groups is 1. The molecule has 1 aliphatic heterocycles. The number of aromatic hydroxyl groups is 1. The van der Waals surface area contributed by atoms with Crippen LogP contribution < -0.4 is 10.2 Å². The summed E-state index contributed by atoms with van der Waals surface area (Å²) in [4.78, 5) is 12.4. The average molecular weight is 358 g/mol. The van der Waals surface area contributed by atoms with Gasteiger partial charge >= 0.3 is 5.97 Å². The van der Waals surface area contributed by atoms with Gasteiger partial charge in [-0.15, -0.1) is 0 Å². The number of phenolic OH excluding ortho intramolecular Hbond substituents is 1. The van der Waals surface area contributed by atoms with Crippen LogP contribution in [0.15, 0.2) is 84.0 Å². The molecular weight excluding hydrogens is 340 g/mol. The van der Waals surface area contributed by atoms with Crippen LogP contribution in [0.1, 0.15) is 23.5 Å². The van der Waals surface area contributed by atoms with Gasteiger partial charge in [-0.25, -0.2) is 0 Å². The predicted molar refractivity (Wildman–Crippen MR) is 104 cm³/mol. The molecule has 27 heavy (non-hydrogen) atoms. The molecular formula is C22H18N2O3. The number of fused-ring (bicyclic) bond motifs is 1. The van der Waals surface area contributed by atoms with Gasteiger partial charge in [0.1, 0.15) is 11.5 Å². The molecule has 1 atom stereocenters. The lowest BCUT2D eigenvalue weighted by molar-refractivity contribution is -0.133. The molecule has 0 radical (unpaired) electrons. The lowest BCUT2D eigenvalue weighted by Crippen LogP contribution is -2.16. The summed E-state index contributed by atoms with van der Waals surface area (Å²) in [5.74, 6) is -0.0675. The highest BCUT2D eigenvalue weighted by Crippen LogP contribution is 2.38. The Morgan fingerprint density at radius 1 is 0.963 bits per heavy atom. The maximum absolute atomic E-state index is 12.4. The summed E-state index contributed by atoms with van der Waals surface area (Å²) in [7, 11) is 0. The number of hydrazone groups is 1. The van der Waals surface area contributed by atoms with E-state index in [-0.39, 0.29) is 11.7 Å². The first kappa shape index (κ1) is 16.8. The highest BCUT2D eigenvalue weighted by atomic mass is 16.5. The van der Waals surface area contributed by atoms with Crippen LogP contribution in [-0.2, 0) is 4.79 Å². The van der Waals surface area contributed by atoms with Crippen molar-refractivity contribution in [1.82, 2.24) is 0 Å². The van der Waals surface area contributed by atoms with Gasteiger partial charge in [-0.3, -0.25) is 10.2 Å². The number of hydrogen-bond acceptors (Lipinski definition) is 5. The third-order valence-electron chi connectivity index (χ3n) is 4.50.